The van der Waals surface area contributed by atoms with Gasteiger partial charge in [-0.2, -0.15) is 0 Å². The van der Waals surface area contributed by atoms with Crippen LogP contribution in [0, 0.1) is 0 Å². The van der Waals surface area contributed by atoms with Gasteiger partial charge in [0.2, 0.25) is 0 Å². The van der Waals surface area contributed by atoms with Crippen LogP contribution in [0.5, 0.6) is 11.5 Å². The van der Waals surface area contributed by atoms with Crippen LogP contribution in [0.3, 0.4) is 0 Å². The molecule has 1 atom stereocenters. The van der Waals surface area contributed by atoms with Crippen molar-refractivity contribution in [2.24, 2.45) is 0 Å². The van der Waals surface area contributed by atoms with E-state index in [1.165, 1.54) is 19.1 Å². The largest absolute Gasteiger partial charge is 0.486 e. The molecular weight excluding hydrogens is 383 g/mol. The van der Waals surface area contributed by atoms with Crippen molar-refractivity contribution in [2.45, 2.75) is 13.0 Å². The Morgan fingerprint density at radius 2 is 1.88 bits per heavy atom. The second-order valence-corrected chi connectivity index (χ2v) is 6.15. The summed E-state index contributed by atoms with van der Waals surface area (Å²) in [5, 5.41) is 2.82. The Kier molecular flexibility index (Phi) is 5.49. The Labute approximate surface area is 159 Å². The van der Waals surface area contributed by atoms with E-state index in [4.69, 9.17) is 37.4 Å². The van der Waals surface area contributed by atoms with E-state index in [1.807, 2.05) is 0 Å². The Hall–Kier alpha value is -2.51. The van der Waals surface area contributed by atoms with E-state index in [0.29, 0.717) is 30.4 Å². The first-order valence-corrected chi connectivity index (χ1v) is 8.43. The summed E-state index contributed by atoms with van der Waals surface area (Å²) in [6.45, 7) is 2.35. The summed E-state index contributed by atoms with van der Waals surface area (Å²) in [4.78, 5) is 28.2. The first-order chi connectivity index (χ1) is 12.4. The summed E-state index contributed by atoms with van der Waals surface area (Å²) in [5.74, 6) is -0.223. The van der Waals surface area contributed by atoms with E-state index >= 15 is 0 Å². The maximum Gasteiger partial charge on any atom is 0.359 e. The molecule has 9 heteroatoms. The van der Waals surface area contributed by atoms with Crippen LogP contribution in [0.2, 0.25) is 10.2 Å². The molecule has 2 heterocycles. The summed E-state index contributed by atoms with van der Waals surface area (Å²) < 4.78 is 16.0. The Balaban J connectivity index is 1.64. The number of rotatable bonds is 4. The molecule has 0 saturated carbocycles. The predicted molar refractivity (Wildman–Crippen MR) is 95.2 cm³/mol. The highest BCUT2D eigenvalue weighted by Crippen LogP contribution is 2.32. The van der Waals surface area contributed by atoms with Gasteiger partial charge in [0.25, 0.3) is 5.91 Å². The zero-order chi connectivity index (χ0) is 18.7. The second-order valence-electron chi connectivity index (χ2n) is 5.36. The minimum atomic E-state index is -1.08. The number of anilines is 1. The summed E-state index contributed by atoms with van der Waals surface area (Å²) in [6, 6.07) is 7.86. The van der Waals surface area contributed by atoms with E-state index in [9.17, 15) is 9.59 Å². The number of halogens is 2. The molecule has 7 nitrogen and oxygen atoms in total. The van der Waals surface area contributed by atoms with Gasteiger partial charge in [0.1, 0.15) is 18.4 Å². The van der Waals surface area contributed by atoms with Crippen LogP contribution in [0.4, 0.5) is 5.69 Å². The van der Waals surface area contributed by atoms with Crippen LogP contribution in [0.15, 0.2) is 30.3 Å². The van der Waals surface area contributed by atoms with Crippen LogP contribution < -0.4 is 14.8 Å². The summed E-state index contributed by atoms with van der Waals surface area (Å²) >= 11 is 11.6. The smallest absolute Gasteiger partial charge is 0.359 e. The molecule has 0 spiro atoms. The Bertz CT molecular complexity index is 859. The van der Waals surface area contributed by atoms with Crippen molar-refractivity contribution in [3.05, 3.63) is 46.2 Å². The van der Waals surface area contributed by atoms with Gasteiger partial charge in [-0.15, -0.1) is 0 Å². The fraction of sp³-hybridized carbons (Fsp3) is 0.235. The molecule has 0 radical (unpaired) electrons. The summed E-state index contributed by atoms with van der Waals surface area (Å²) in [5.41, 5.74) is 0.333. The molecule has 1 aliphatic heterocycles. The van der Waals surface area contributed by atoms with Gasteiger partial charge in [-0.3, -0.25) is 4.79 Å². The van der Waals surface area contributed by atoms with E-state index in [2.05, 4.69) is 10.3 Å². The van der Waals surface area contributed by atoms with Crippen LogP contribution in [-0.4, -0.2) is 36.2 Å². The van der Waals surface area contributed by atoms with Crippen molar-refractivity contribution in [1.82, 2.24) is 4.98 Å². The number of hydrogen-bond acceptors (Lipinski definition) is 6. The number of amides is 1. The molecule has 26 heavy (non-hydrogen) atoms. The Morgan fingerprint density at radius 3 is 2.65 bits per heavy atom. The molecule has 0 saturated heterocycles. The fourth-order valence-corrected chi connectivity index (χ4v) is 2.53. The number of carbonyl (C=O) groups is 2. The monoisotopic (exact) mass is 396 g/mol. The average Bonchev–Trinajstić information content (AvgIpc) is 2.63. The van der Waals surface area contributed by atoms with Gasteiger partial charge >= 0.3 is 5.97 Å². The van der Waals surface area contributed by atoms with Gasteiger partial charge in [-0.25, -0.2) is 9.78 Å². The molecule has 0 bridgehead atoms. The quantitative estimate of drug-likeness (QED) is 0.629. The fourth-order valence-electron chi connectivity index (χ4n) is 2.20. The molecule has 136 valence electrons. The van der Waals surface area contributed by atoms with Gasteiger partial charge in [0, 0.05) is 11.8 Å². The average molecular weight is 397 g/mol. The maximum atomic E-state index is 12.3. The van der Waals surface area contributed by atoms with E-state index in [0.717, 1.165) is 0 Å². The van der Waals surface area contributed by atoms with E-state index in [1.54, 1.807) is 18.2 Å². The number of ether oxygens (including phenoxy) is 3. The lowest BCUT2D eigenvalue weighted by Gasteiger charge is -2.19. The number of benzene rings is 1. The number of aromatic nitrogens is 1. The highest BCUT2D eigenvalue weighted by atomic mass is 35.5. The number of nitrogens with one attached hydrogen (secondary N) is 1. The molecule has 1 amide bonds. The predicted octanol–water partition coefficient (Wildman–Crippen LogP) is 3.34. The van der Waals surface area contributed by atoms with Crippen molar-refractivity contribution < 1.29 is 23.8 Å². The lowest BCUT2D eigenvalue weighted by molar-refractivity contribution is -0.123. The molecule has 3 rings (SSSR count). The normalized spacial score (nSPS) is 13.7. The first-order valence-electron chi connectivity index (χ1n) is 7.67. The van der Waals surface area contributed by atoms with Crippen LogP contribution >= 0.6 is 23.2 Å². The molecule has 0 aliphatic carbocycles. The number of esters is 1. The van der Waals surface area contributed by atoms with Crippen LogP contribution in [0.1, 0.15) is 17.4 Å². The van der Waals surface area contributed by atoms with Gasteiger partial charge < -0.3 is 19.5 Å². The van der Waals surface area contributed by atoms with E-state index < -0.39 is 18.0 Å². The minimum Gasteiger partial charge on any atom is -0.486 e. The highest BCUT2D eigenvalue weighted by Gasteiger charge is 2.22. The SMILES string of the molecule is C[C@@H](OC(=O)c1nc(Cl)ccc1Cl)C(=O)Nc1ccc2c(c1)OCCO2. The lowest BCUT2D eigenvalue weighted by atomic mass is 10.2. The molecular formula is C17H14Cl2N2O5. The van der Waals surface area contributed by atoms with Gasteiger partial charge in [-0.05, 0) is 31.2 Å². The third-order valence-electron chi connectivity index (χ3n) is 3.47. The Morgan fingerprint density at radius 1 is 1.15 bits per heavy atom. The zero-order valence-corrected chi connectivity index (χ0v) is 15.1. The third-order valence-corrected chi connectivity index (χ3v) is 3.98. The topological polar surface area (TPSA) is 86.8 Å². The molecule has 1 aliphatic rings. The molecule has 0 fully saturated rings. The molecule has 1 aromatic heterocycles. The number of carbonyl (C=O) groups excluding carboxylic acids is 2. The minimum absolute atomic E-state index is 0.0823. The van der Waals surface area contributed by atoms with Crippen molar-refractivity contribution >= 4 is 40.8 Å². The maximum absolute atomic E-state index is 12.3. The zero-order valence-electron chi connectivity index (χ0n) is 13.6. The van der Waals surface area contributed by atoms with Gasteiger partial charge in [0.05, 0.1) is 5.02 Å². The standard InChI is InChI=1S/C17H14Cl2N2O5/c1-9(26-17(23)15-11(18)3-5-14(19)21-15)16(22)20-10-2-4-12-13(8-10)25-7-6-24-12/h2-5,8-9H,6-7H2,1H3,(H,20,22)/t9-/m1/s1. The molecule has 1 N–H and O–H groups in total. The molecule has 1 aromatic carbocycles. The summed E-state index contributed by atoms with van der Waals surface area (Å²) in [7, 11) is 0. The molecule has 2 aromatic rings. The number of fused-ring (bicyclic) bond motifs is 1. The second kappa shape index (κ2) is 7.80. The van der Waals surface area contributed by atoms with Gasteiger partial charge in [-0.1, -0.05) is 23.2 Å². The lowest BCUT2D eigenvalue weighted by Crippen LogP contribution is -2.30. The van der Waals surface area contributed by atoms with Crippen LogP contribution in [0.25, 0.3) is 0 Å². The highest BCUT2D eigenvalue weighted by molar-refractivity contribution is 6.34. The number of hydrogen-bond donors (Lipinski definition) is 1. The number of pyridine rings is 1. The van der Waals surface area contributed by atoms with E-state index in [-0.39, 0.29) is 15.9 Å². The van der Waals surface area contributed by atoms with Crippen molar-refractivity contribution in [1.29, 1.82) is 0 Å². The van der Waals surface area contributed by atoms with Crippen molar-refractivity contribution in [2.75, 3.05) is 18.5 Å². The van der Waals surface area contributed by atoms with Gasteiger partial charge in [0.15, 0.2) is 23.3 Å². The first kappa shape index (κ1) is 18.3. The summed E-state index contributed by atoms with van der Waals surface area (Å²) in [6.07, 6.45) is -1.08. The van der Waals surface area contributed by atoms with Crippen molar-refractivity contribution in [3.8, 4) is 11.5 Å². The third kappa shape index (κ3) is 4.17. The van der Waals surface area contributed by atoms with Crippen LogP contribution in [-0.2, 0) is 9.53 Å². The molecule has 0 unspecified atom stereocenters. The number of nitrogens with zero attached hydrogens (tertiary/aromatic N) is 1. The van der Waals surface area contributed by atoms with Crippen molar-refractivity contribution in [3.63, 3.8) is 0 Å².